The van der Waals surface area contributed by atoms with Crippen molar-refractivity contribution in [3.63, 3.8) is 0 Å². The number of thioether (sulfide) groups is 1. The minimum Gasteiger partial charge on any atom is -0.337 e. The molecule has 0 saturated carbocycles. The molecule has 0 fully saturated rings. The summed E-state index contributed by atoms with van der Waals surface area (Å²) in [6, 6.07) is 22.0. The summed E-state index contributed by atoms with van der Waals surface area (Å²) in [5.41, 5.74) is 3.13. The van der Waals surface area contributed by atoms with Crippen LogP contribution in [-0.2, 0) is 23.0 Å². The van der Waals surface area contributed by atoms with E-state index in [9.17, 15) is 13.2 Å². The lowest BCUT2D eigenvalue weighted by Crippen LogP contribution is -2.35. The molecule has 0 atom stereocenters. The van der Waals surface area contributed by atoms with Crippen molar-refractivity contribution in [3.8, 4) is 0 Å². The highest BCUT2D eigenvalue weighted by Crippen LogP contribution is 2.32. The van der Waals surface area contributed by atoms with Gasteiger partial charge in [0, 0.05) is 30.6 Å². The van der Waals surface area contributed by atoms with Gasteiger partial charge in [0.1, 0.15) is 0 Å². The van der Waals surface area contributed by atoms with Crippen molar-refractivity contribution in [2.45, 2.75) is 29.2 Å². The summed E-state index contributed by atoms with van der Waals surface area (Å²) in [5, 5.41) is 0. The Morgan fingerprint density at radius 1 is 1.03 bits per heavy atom. The number of para-hydroxylation sites is 1. The van der Waals surface area contributed by atoms with Gasteiger partial charge in [0.15, 0.2) is 0 Å². The Labute approximate surface area is 194 Å². The predicted molar refractivity (Wildman–Crippen MR) is 130 cm³/mol. The summed E-state index contributed by atoms with van der Waals surface area (Å²) in [5.74, 6) is -0.213. The van der Waals surface area contributed by atoms with Crippen molar-refractivity contribution in [3.05, 3.63) is 89.5 Å². The highest BCUT2D eigenvalue weighted by Gasteiger charge is 2.29. The van der Waals surface area contributed by atoms with Gasteiger partial charge >= 0.3 is 0 Å². The fourth-order valence-corrected chi connectivity index (χ4v) is 5.96. The van der Waals surface area contributed by atoms with E-state index in [1.54, 1.807) is 41.9 Å². The molecule has 166 valence electrons. The SMILES string of the molecule is CSc1ccc(CN(C)C(=O)c2cccc(S(=O)(=O)N3CCCc4ccccc43)c2)cc1. The van der Waals surface area contributed by atoms with Crippen LogP contribution in [0.25, 0.3) is 0 Å². The van der Waals surface area contributed by atoms with Crippen molar-refractivity contribution in [2.24, 2.45) is 0 Å². The van der Waals surface area contributed by atoms with Crippen molar-refractivity contribution >= 4 is 33.4 Å². The summed E-state index contributed by atoms with van der Waals surface area (Å²) < 4.78 is 28.4. The first-order valence-corrected chi connectivity index (χ1v) is 13.2. The number of nitrogens with zero attached hydrogens (tertiary/aromatic N) is 2. The number of aryl methyl sites for hydroxylation is 1. The second-order valence-corrected chi connectivity index (χ2v) is 10.6. The van der Waals surface area contributed by atoms with Crippen LogP contribution in [0.15, 0.2) is 82.6 Å². The van der Waals surface area contributed by atoms with E-state index in [1.165, 1.54) is 15.3 Å². The Morgan fingerprint density at radius 3 is 2.53 bits per heavy atom. The van der Waals surface area contributed by atoms with Crippen LogP contribution in [0.5, 0.6) is 0 Å². The minimum absolute atomic E-state index is 0.137. The maximum Gasteiger partial charge on any atom is 0.264 e. The lowest BCUT2D eigenvalue weighted by atomic mass is 10.0. The van der Waals surface area contributed by atoms with Gasteiger partial charge in [-0.1, -0.05) is 36.4 Å². The molecule has 1 heterocycles. The smallest absolute Gasteiger partial charge is 0.264 e. The summed E-state index contributed by atoms with van der Waals surface area (Å²) >= 11 is 1.67. The largest absolute Gasteiger partial charge is 0.337 e. The third-order valence-electron chi connectivity index (χ3n) is 5.66. The van der Waals surface area contributed by atoms with Crippen LogP contribution in [-0.4, -0.2) is 39.1 Å². The molecule has 0 radical (unpaired) electrons. The molecule has 5 nitrogen and oxygen atoms in total. The molecule has 0 bridgehead atoms. The van der Waals surface area contributed by atoms with Gasteiger partial charge in [0.25, 0.3) is 15.9 Å². The zero-order chi connectivity index (χ0) is 22.7. The summed E-state index contributed by atoms with van der Waals surface area (Å²) in [7, 11) is -2.03. The van der Waals surface area contributed by atoms with E-state index >= 15 is 0 Å². The van der Waals surface area contributed by atoms with E-state index in [2.05, 4.69) is 0 Å². The minimum atomic E-state index is -3.76. The van der Waals surface area contributed by atoms with E-state index < -0.39 is 10.0 Å². The Bertz CT molecular complexity index is 1220. The number of benzene rings is 3. The molecule has 3 aromatic rings. The van der Waals surface area contributed by atoms with Gasteiger partial charge in [0.2, 0.25) is 0 Å². The van der Waals surface area contributed by atoms with Gasteiger partial charge in [-0.05, 0) is 66.6 Å². The number of hydrogen-bond acceptors (Lipinski definition) is 4. The first-order chi connectivity index (χ1) is 15.4. The van der Waals surface area contributed by atoms with Crippen LogP contribution in [0.4, 0.5) is 5.69 Å². The van der Waals surface area contributed by atoms with E-state index in [1.807, 2.05) is 54.8 Å². The van der Waals surface area contributed by atoms with Crippen LogP contribution in [0.2, 0.25) is 0 Å². The summed E-state index contributed by atoms with van der Waals surface area (Å²) in [6.45, 7) is 0.882. The fraction of sp³-hybridized carbons (Fsp3) is 0.240. The third-order valence-corrected chi connectivity index (χ3v) is 8.21. The Balaban J connectivity index is 1.57. The lowest BCUT2D eigenvalue weighted by Gasteiger charge is -2.30. The average molecular weight is 467 g/mol. The van der Waals surface area contributed by atoms with Crippen molar-refractivity contribution in [1.82, 2.24) is 4.90 Å². The van der Waals surface area contributed by atoms with Crippen LogP contribution >= 0.6 is 11.8 Å². The van der Waals surface area contributed by atoms with Crippen LogP contribution in [0.1, 0.15) is 27.9 Å². The normalized spacial score (nSPS) is 13.5. The van der Waals surface area contributed by atoms with Crippen molar-refractivity contribution in [2.75, 3.05) is 24.2 Å². The monoisotopic (exact) mass is 466 g/mol. The number of amides is 1. The lowest BCUT2D eigenvalue weighted by molar-refractivity contribution is 0.0785. The van der Waals surface area contributed by atoms with E-state index in [0.29, 0.717) is 18.7 Å². The third kappa shape index (κ3) is 4.54. The molecular weight excluding hydrogens is 440 g/mol. The summed E-state index contributed by atoms with van der Waals surface area (Å²) in [4.78, 5) is 15.9. The van der Waals surface area contributed by atoms with Gasteiger partial charge in [-0.15, -0.1) is 11.8 Å². The van der Waals surface area contributed by atoms with Crippen molar-refractivity contribution < 1.29 is 13.2 Å². The van der Waals surface area contributed by atoms with E-state index in [-0.39, 0.29) is 10.8 Å². The highest BCUT2D eigenvalue weighted by molar-refractivity contribution is 7.98. The van der Waals surface area contributed by atoms with Crippen LogP contribution in [0, 0.1) is 0 Å². The average Bonchev–Trinajstić information content (AvgIpc) is 2.83. The molecule has 1 amide bonds. The van der Waals surface area contributed by atoms with Crippen molar-refractivity contribution in [1.29, 1.82) is 0 Å². The molecule has 0 unspecified atom stereocenters. The number of rotatable bonds is 6. The van der Waals surface area contributed by atoms with Gasteiger partial charge in [-0.3, -0.25) is 9.10 Å². The van der Waals surface area contributed by atoms with Crippen LogP contribution in [0.3, 0.4) is 0 Å². The standard InChI is InChI=1S/C25H26N2O3S2/c1-26(18-19-12-14-22(31-2)15-13-19)25(28)21-8-5-10-23(17-21)32(29,30)27-16-6-9-20-7-3-4-11-24(20)27/h3-5,7-8,10-15,17H,6,9,16,18H2,1-2H3. The Hall–Kier alpha value is -2.77. The molecule has 1 aliphatic rings. The molecule has 0 saturated heterocycles. The molecular formula is C25H26N2O3S2. The molecule has 0 spiro atoms. The van der Waals surface area contributed by atoms with Gasteiger partial charge < -0.3 is 4.90 Å². The first-order valence-electron chi connectivity index (χ1n) is 10.5. The number of carbonyl (C=O) groups excluding carboxylic acids is 1. The first kappa shape index (κ1) is 22.4. The number of sulfonamides is 1. The molecule has 1 aliphatic heterocycles. The fourth-order valence-electron chi connectivity index (χ4n) is 3.96. The molecule has 0 aromatic heterocycles. The van der Waals surface area contributed by atoms with E-state index in [0.717, 1.165) is 29.7 Å². The van der Waals surface area contributed by atoms with Gasteiger partial charge in [-0.25, -0.2) is 8.42 Å². The molecule has 0 aliphatic carbocycles. The second-order valence-electron chi connectivity index (χ2n) is 7.85. The zero-order valence-corrected chi connectivity index (χ0v) is 19.8. The molecule has 7 heteroatoms. The number of anilines is 1. The second kappa shape index (κ2) is 9.38. The number of carbonyl (C=O) groups is 1. The van der Waals surface area contributed by atoms with Crippen LogP contribution < -0.4 is 4.31 Å². The predicted octanol–water partition coefficient (Wildman–Crippen LogP) is 4.82. The Kier molecular flexibility index (Phi) is 6.58. The topological polar surface area (TPSA) is 57.7 Å². The maximum atomic E-state index is 13.4. The quantitative estimate of drug-likeness (QED) is 0.489. The zero-order valence-electron chi connectivity index (χ0n) is 18.2. The molecule has 3 aromatic carbocycles. The molecule has 0 N–H and O–H groups in total. The maximum absolute atomic E-state index is 13.4. The van der Waals surface area contributed by atoms with Gasteiger partial charge in [-0.2, -0.15) is 0 Å². The van der Waals surface area contributed by atoms with Gasteiger partial charge in [0.05, 0.1) is 10.6 Å². The Morgan fingerprint density at radius 2 is 1.78 bits per heavy atom. The number of hydrogen-bond donors (Lipinski definition) is 0. The highest BCUT2D eigenvalue weighted by atomic mass is 32.2. The van der Waals surface area contributed by atoms with E-state index in [4.69, 9.17) is 0 Å². The number of fused-ring (bicyclic) bond motifs is 1. The molecule has 4 rings (SSSR count). The molecule has 32 heavy (non-hydrogen) atoms. The summed E-state index contributed by atoms with van der Waals surface area (Å²) in [6.07, 6.45) is 3.66.